The highest BCUT2D eigenvalue weighted by Crippen LogP contribution is 2.23. The van der Waals surface area contributed by atoms with Crippen LogP contribution in [-0.2, 0) is 38.6 Å². The number of ether oxygens (including phenoxy) is 1. The molecule has 2 N–H and O–H groups in total. The second-order valence-electron chi connectivity index (χ2n) is 9.40. The van der Waals surface area contributed by atoms with Crippen molar-refractivity contribution in [1.82, 2.24) is 29.6 Å². The Morgan fingerprint density at radius 1 is 1.16 bits per heavy atom. The molecule has 0 spiro atoms. The van der Waals surface area contributed by atoms with Crippen molar-refractivity contribution in [1.29, 1.82) is 0 Å². The number of nitrogens with zero attached hydrogens (tertiary/aromatic N) is 5. The highest BCUT2D eigenvalue weighted by molar-refractivity contribution is 6.34. The van der Waals surface area contributed by atoms with Crippen LogP contribution in [0.25, 0.3) is 0 Å². The molecule has 2 aliphatic heterocycles. The van der Waals surface area contributed by atoms with Crippen LogP contribution in [0, 0.1) is 5.82 Å². The number of amides is 3. The van der Waals surface area contributed by atoms with Gasteiger partial charge in [-0.25, -0.2) is 9.37 Å². The Morgan fingerprint density at radius 3 is 2.53 bits per heavy atom. The molecular weight excluding hydrogens is 499 g/mol. The van der Waals surface area contributed by atoms with Gasteiger partial charge in [0.05, 0.1) is 31.9 Å². The van der Waals surface area contributed by atoms with Crippen LogP contribution < -0.4 is 10.9 Å². The Labute approximate surface area is 218 Å². The molecule has 3 amide bonds. The summed E-state index contributed by atoms with van der Waals surface area (Å²) < 4.78 is 19.9. The Kier molecular flexibility index (Phi) is 8.37. The van der Waals surface area contributed by atoms with Crippen LogP contribution in [0.5, 0.6) is 5.75 Å². The van der Waals surface area contributed by atoms with Gasteiger partial charge in [-0.3, -0.25) is 23.7 Å². The fourth-order valence-electron chi connectivity index (χ4n) is 4.37. The number of piperazine rings is 1. The van der Waals surface area contributed by atoms with Crippen molar-refractivity contribution in [3.8, 4) is 5.75 Å². The topological polar surface area (TPSA) is 137 Å². The molecular formula is C25H31FN6O6. The highest BCUT2D eigenvalue weighted by Gasteiger charge is 2.35. The van der Waals surface area contributed by atoms with Gasteiger partial charge in [-0.05, 0) is 24.7 Å². The molecule has 1 fully saturated rings. The summed E-state index contributed by atoms with van der Waals surface area (Å²) in [6.45, 7) is 2.47. The van der Waals surface area contributed by atoms with Gasteiger partial charge < -0.3 is 29.9 Å². The lowest BCUT2D eigenvalue weighted by Crippen LogP contribution is -2.52. The number of halogens is 1. The summed E-state index contributed by atoms with van der Waals surface area (Å²) in [4.78, 5) is 60.7. The summed E-state index contributed by atoms with van der Waals surface area (Å²) >= 11 is 0. The summed E-state index contributed by atoms with van der Waals surface area (Å²) in [5, 5.41) is 13.2. The van der Waals surface area contributed by atoms with Crippen molar-refractivity contribution < 1.29 is 28.6 Å². The van der Waals surface area contributed by atoms with Gasteiger partial charge in [-0.2, -0.15) is 0 Å². The second-order valence-corrected chi connectivity index (χ2v) is 9.40. The van der Waals surface area contributed by atoms with Crippen LogP contribution in [0.3, 0.4) is 0 Å². The molecule has 0 radical (unpaired) electrons. The summed E-state index contributed by atoms with van der Waals surface area (Å²) in [6, 6.07) is 4.71. The number of aromatic nitrogens is 2. The first-order valence-corrected chi connectivity index (χ1v) is 12.3. The normalized spacial score (nSPS) is 17.9. The fraction of sp³-hybridized carbons (Fsp3) is 0.480. The van der Waals surface area contributed by atoms with E-state index in [1.807, 2.05) is 7.05 Å². The third-order valence-corrected chi connectivity index (χ3v) is 6.77. The Hall–Kier alpha value is -3.84. The molecule has 2 aliphatic rings. The maximum absolute atomic E-state index is 13.1. The van der Waals surface area contributed by atoms with Gasteiger partial charge in [0.15, 0.2) is 0 Å². The average Bonchev–Trinajstić information content (AvgIpc) is 3.13. The molecule has 1 saturated heterocycles. The van der Waals surface area contributed by atoms with Crippen molar-refractivity contribution in [2.24, 2.45) is 0 Å². The second kappa shape index (κ2) is 11.7. The van der Waals surface area contributed by atoms with E-state index in [1.54, 1.807) is 0 Å². The molecule has 12 nitrogen and oxygen atoms in total. The average molecular weight is 531 g/mol. The lowest BCUT2D eigenvalue weighted by Gasteiger charge is -2.34. The molecule has 1 unspecified atom stereocenters. The van der Waals surface area contributed by atoms with Crippen LogP contribution in [0.1, 0.15) is 23.1 Å². The SMILES string of the molecule is CN1CCN(C(=O)C(=O)N(C)C2COCCn3c2nc(CC(=O)NCc2ccc(F)cc2)c(O)c3=O)CC1. The molecule has 0 aliphatic carbocycles. The van der Waals surface area contributed by atoms with Crippen molar-refractivity contribution in [3.63, 3.8) is 0 Å². The zero-order chi connectivity index (χ0) is 27.4. The smallest absolute Gasteiger partial charge is 0.312 e. The zero-order valence-electron chi connectivity index (χ0n) is 21.4. The largest absolute Gasteiger partial charge is 0.502 e. The number of hydrogen-bond acceptors (Lipinski definition) is 8. The first-order valence-electron chi connectivity index (χ1n) is 12.3. The van der Waals surface area contributed by atoms with Gasteiger partial charge in [0.2, 0.25) is 11.7 Å². The molecule has 1 aromatic carbocycles. The third kappa shape index (κ3) is 6.00. The molecule has 4 rings (SSSR count). The van der Waals surface area contributed by atoms with E-state index < -0.39 is 47.3 Å². The molecule has 0 saturated carbocycles. The van der Waals surface area contributed by atoms with E-state index >= 15 is 0 Å². The van der Waals surface area contributed by atoms with E-state index in [4.69, 9.17) is 4.74 Å². The summed E-state index contributed by atoms with van der Waals surface area (Å²) in [5.41, 5.74) is -0.254. The Balaban J connectivity index is 1.53. The molecule has 204 valence electrons. The molecule has 3 heterocycles. The summed E-state index contributed by atoms with van der Waals surface area (Å²) in [6.07, 6.45) is -0.401. The van der Waals surface area contributed by atoms with E-state index in [-0.39, 0.29) is 37.8 Å². The van der Waals surface area contributed by atoms with E-state index in [0.29, 0.717) is 31.7 Å². The number of fused-ring (bicyclic) bond motifs is 1. The van der Waals surface area contributed by atoms with Crippen LogP contribution >= 0.6 is 0 Å². The number of aromatic hydroxyl groups is 1. The van der Waals surface area contributed by atoms with E-state index in [0.717, 1.165) is 0 Å². The van der Waals surface area contributed by atoms with Crippen molar-refractivity contribution in [2.45, 2.75) is 25.6 Å². The number of benzene rings is 1. The van der Waals surface area contributed by atoms with Crippen LogP contribution in [-0.4, -0.2) is 101 Å². The maximum Gasteiger partial charge on any atom is 0.312 e. The summed E-state index contributed by atoms with van der Waals surface area (Å²) in [5.74, 6) is -2.89. The minimum Gasteiger partial charge on any atom is -0.502 e. The third-order valence-electron chi connectivity index (χ3n) is 6.77. The minimum absolute atomic E-state index is 0.0221. The zero-order valence-corrected chi connectivity index (χ0v) is 21.4. The number of rotatable bonds is 5. The summed E-state index contributed by atoms with van der Waals surface area (Å²) in [7, 11) is 3.38. The lowest BCUT2D eigenvalue weighted by molar-refractivity contribution is -0.154. The van der Waals surface area contributed by atoms with E-state index in [1.165, 1.54) is 45.7 Å². The quantitative estimate of drug-likeness (QED) is 0.482. The van der Waals surface area contributed by atoms with Crippen molar-refractivity contribution >= 4 is 17.7 Å². The van der Waals surface area contributed by atoms with Crippen LogP contribution in [0.2, 0.25) is 0 Å². The van der Waals surface area contributed by atoms with Crippen molar-refractivity contribution in [2.75, 3.05) is 53.5 Å². The number of hydrogen-bond donors (Lipinski definition) is 2. The number of likely N-dealkylation sites (N-methyl/N-ethyl adjacent to an activating group) is 2. The van der Waals surface area contributed by atoms with E-state index in [2.05, 4.69) is 15.2 Å². The predicted octanol–water partition coefficient (Wildman–Crippen LogP) is -0.749. The van der Waals surface area contributed by atoms with Gasteiger partial charge in [0.25, 0.3) is 5.56 Å². The first-order chi connectivity index (χ1) is 18.2. The molecule has 0 bridgehead atoms. The molecule has 13 heteroatoms. The fourth-order valence-corrected chi connectivity index (χ4v) is 4.37. The lowest BCUT2D eigenvalue weighted by atomic mass is 10.2. The molecule has 38 heavy (non-hydrogen) atoms. The van der Waals surface area contributed by atoms with Crippen LogP contribution in [0.4, 0.5) is 4.39 Å². The highest BCUT2D eigenvalue weighted by atomic mass is 19.1. The standard InChI is InChI=1S/C25H31FN6O6/c1-29-7-9-31(10-8-29)25(37)24(36)30(2)19-15-38-12-11-32-22(19)28-18(21(34)23(32)35)13-20(33)27-14-16-3-5-17(26)6-4-16/h3-6,19,34H,7-15H2,1-2H3,(H,27,33). The number of nitrogens with one attached hydrogen (secondary N) is 1. The van der Waals surface area contributed by atoms with Gasteiger partial charge in [-0.1, -0.05) is 12.1 Å². The van der Waals surface area contributed by atoms with Crippen molar-refractivity contribution in [3.05, 3.63) is 57.5 Å². The van der Waals surface area contributed by atoms with Gasteiger partial charge >= 0.3 is 11.8 Å². The Morgan fingerprint density at radius 2 is 1.84 bits per heavy atom. The monoisotopic (exact) mass is 530 g/mol. The first kappa shape index (κ1) is 27.2. The number of carbonyl (C=O) groups excluding carboxylic acids is 3. The number of carbonyl (C=O) groups is 3. The molecule has 1 atom stereocenters. The molecule has 2 aromatic rings. The van der Waals surface area contributed by atoms with Gasteiger partial charge in [0.1, 0.15) is 17.7 Å². The van der Waals surface area contributed by atoms with E-state index in [9.17, 15) is 28.7 Å². The maximum atomic E-state index is 13.1. The predicted molar refractivity (Wildman–Crippen MR) is 133 cm³/mol. The van der Waals surface area contributed by atoms with Gasteiger partial charge in [0, 0.05) is 39.8 Å². The minimum atomic E-state index is -0.893. The van der Waals surface area contributed by atoms with Gasteiger partial charge in [-0.15, -0.1) is 0 Å². The Bertz CT molecular complexity index is 1260. The van der Waals surface area contributed by atoms with Crippen LogP contribution in [0.15, 0.2) is 29.1 Å². The molecule has 1 aromatic heterocycles.